The van der Waals surface area contributed by atoms with E-state index in [-0.39, 0.29) is 11.8 Å². The van der Waals surface area contributed by atoms with Crippen molar-refractivity contribution in [3.05, 3.63) is 59.7 Å². The fraction of sp³-hybridized carbons (Fsp3) is 0.176. The minimum atomic E-state index is -0.147. The number of carbonyl (C=O) groups excluding carboxylic acids is 2. The molecule has 0 aromatic heterocycles. The molecule has 2 aromatic rings. The van der Waals surface area contributed by atoms with Gasteiger partial charge in [-0.25, -0.2) is 0 Å². The number of hydrogen-bond donors (Lipinski definition) is 1. The summed E-state index contributed by atoms with van der Waals surface area (Å²) in [5.74, 6) is -0.182. The highest BCUT2D eigenvalue weighted by Gasteiger charge is 2.25. The number of fused-ring (bicyclic) bond motifs is 1. The number of nitrogens with zero attached hydrogens (tertiary/aromatic N) is 1. The standard InChI is InChI=1S/C17H16N2O2/c1-12(20)18-15-7-4-6-14(11-15)17(21)19-10-9-13-5-2-3-8-16(13)19/h2-8,11H,9-10H2,1H3,(H,18,20). The van der Waals surface area contributed by atoms with Crippen LogP contribution in [-0.2, 0) is 11.2 Å². The van der Waals surface area contributed by atoms with Crippen LogP contribution in [0.25, 0.3) is 0 Å². The summed E-state index contributed by atoms with van der Waals surface area (Å²) in [7, 11) is 0. The SMILES string of the molecule is CC(=O)Nc1cccc(C(=O)N2CCc3ccccc32)c1. The molecule has 1 N–H and O–H groups in total. The number of nitrogens with one attached hydrogen (secondary N) is 1. The van der Waals surface area contributed by atoms with Crippen molar-refractivity contribution in [3.63, 3.8) is 0 Å². The lowest BCUT2D eigenvalue weighted by molar-refractivity contribution is -0.114. The summed E-state index contributed by atoms with van der Waals surface area (Å²) in [6, 6.07) is 15.0. The number of carbonyl (C=O) groups is 2. The van der Waals surface area contributed by atoms with Gasteiger partial charge in [-0.15, -0.1) is 0 Å². The second kappa shape index (κ2) is 5.40. The lowest BCUT2D eigenvalue weighted by Crippen LogP contribution is -2.28. The molecule has 1 heterocycles. The minimum absolute atomic E-state index is 0.0350. The fourth-order valence-electron chi connectivity index (χ4n) is 2.64. The summed E-state index contributed by atoms with van der Waals surface area (Å²) >= 11 is 0. The quantitative estimate of drug-likeness (QED) is 0.919. The smallest absolute Gasteiger partial charge is 0.258 e. The van der Waals surface area contributed by atoms with Crippen LogP contribution in [0.3, 0.4) is 0 Å². The molecule has 0 fully saturated rings. The molecule has 3 rings (SSSR count). The third-order valence-corrected chi connectivity index (χ3v) is 3.56. The van der Waals surface area contributed by atoms with Gasteiger partial charge in [0.25, 0.3) is 5.91 Å². The summed E-state index contributed by atoms with van der Waals surface area (Å²) in [5.41, 5.74) is 3.40. The highest BCUT2D eigenvalue weighted by Crippen LogP contribution is 2.29. The Morgan fingerprint density at radius 1 is 1.10 bits per heavy atom. The van der Waals surface area contributed by atoms with Crippen LogP contribution in [0.2, 0.25) is 0 Å². The molecule has 0 saturated heterocycles. The topological polar surface area (TPSA) is 49.4 Å². The van der Waals surface area contributed by atoms with E-state index in [2.05, 4.69) is 11.4 Å². The van der Waals surface area contributed by atoms with Crippen molar-refractivity contribution in [1.82, 2.24) is 0 Å². The van der Waals surface area contributed by atoms with Crippen LogP contribution in [0.15, 0.2) is 48.5 Å². The first-order valence-electron chi connectivity index (χ1n) is 6.92. The molecule has 21 heavy (non-hydrogen) atoms. The van der Waals surface area contributed by atoms with Gasteiger partial charge in [-0.3, -0.25) is 9.59 Å². The number of amides is 2. The number of benzene rings is 2. The zero-order valence-corrected chi connectivity index (χ0v) is 11.8. The first-order valence-corrected chi connectivity index (χ1v) is 6.92. The molecule has 0 bridgehead atoms. The second-order valence-electron chi connectivity index (χ2n) is 5.10. The number of anilines is 2. The van der Waals surface area contributed by atoms with E-state index >= 15 is 0 Å². The van der Waals surface area contributed by atoms with Crippen LogP contribution in [0, 0.1) is 0 Å². The van der Waals surface area contributed by atoms with Crippen LogP contribution < -0.4 is 10.2 Å². The molecule has 4 heteroatoms. The zero-order valence-electron chi connectivity index (χ0n) is 11.8. The Morgan fingerprint density at radius 3 is 2.71 bits per heavy atom. The maximum atomic E-state index is 12.7. The van der Waals surface area contributed by atoms with Crippen molar-refractivity contribution in [1.29, 1.82) is 0 Å². The van der Waals surface area contributed by atoms with Crippen LogP contribution >= 0.6 is 0 Å². The van der Waals surface area contributed by atoms with Gasteiger partial charge in [-0.2, -0.15) is 0 Å². The van der Waals surface area contributed by atoms with E-state index in [1.165, 1.54) is 12.5 Å². The lowest BCUT2D eigenvalue weighted by Gasteiger charge is -2.17. The van der Waals surface area contributed by atoms with E-state index in [0.29, 0.717) is 17.8 Å². The van der Waals surface area contributed by atoms with Crippen LogP contribution in [0.5, 0.6) is 0 Å². The van der Waals surface area contributed by atoms with E-state index < -0.39 is 0 Å². The number of hydrogen-bond acceptors (Lipinski definition) is 2. The molecule has 0 spiro atoms. The number of rotatable bonds is 2. The Bertz CT molecular complexity index is 709. The van der Waals surface area contributed by atoms with Crippen molar-refractivity contribution in [2.24, 2.45) is 0 Å². The zero-order chi connectivity index (χ0) is 14.8. The predicted octanol–water partition coefficient (Wildman–Crippen LogP) is 2.85. The third-order valence-electron chi connectivity index (χ3n) is 3.56. The largest absolute Gasteiger partial charge is 0.326 e. The van der Waals surface area contributed by atoms with E-state index in [1.54, 1.807) is 29.2 Å². The monoisotopic (exact) mass is 280 g/mol. The van der Waals surface area contributed by atoms with E-state index in [4.69, 9.17) is 0 Å². The van der Waals surface area contributed by atoms with Crippen molar-refractivity contribution in [2.75, 3.05) is 16.8 Å². The second-order valence-corrected chi connectivity index (χ2v) is 5.10. The molecule has 0 atom stereocenters. The molecule has 2 aromatic carbocycles. The normalized spacial score (nSPS) is 12.9. The molecule has 4 nitrogen and oxygen atoms in total. The van der Waals surface area contributed by atoms with E-state index in [9.17, 15) is 9.59 Å². The van der Waals surface area contributed by atoms with Crippen LogP contribution in [0.4, 0.5) is 11.4 Å². The Hall–Kier alpha value is -2.62. The molecule has 0 aliphatic carbocycles. The summed E-state index contributed by atoms with van der Waals surface area (Å²) in [5, 5.41) is 2.70. The van der Waals surface area contributed by atoms with E-state index in [1.807, 2.05) is 18.2 Å². The maximum absolute atomic E-state index is 12.7. The summed E-state index contributed by atoms with van der Waals surface area (Å²) < 4.78 is 0. The molecule has 0 saturated carbocycles. The molecule has 2 amide bonds. The maximum Gasteiger partial charge on any atom is 0.258 e. The van der Waals surface area contributed by atoms with Gasteiger partial charge in [-0.05, 0) is 36.2 Å². The first-order chi connectivity index (χ1) is 10.1. The van der Waals surface area contributed by atoms with Gasteiger partial charge in [0.15, 0.2) is 0 Å². The minimum Gasteiger partial charge on any atom is -0.326 e. The highest BCUT2D eigenvalue weighted by molar-refractivity contribution is 6.08. The van der Waals surface area contributed by atoms with Crippen LogP contribution in [-0.4, -0.2) is 18.4 Å². The fourth-order valence-corrected chi connectivity index (χ4v) is 2.64. The van der Waals surface area contributed by atoms with Gasteiger partial charge in [-0.1, -0.05) is 24.3 Å². The first kappa shape index (κ1) is 13.4. The Balaban J connectivity index is 1.88. The molecule has 106 valence electrons. The molecule has 1 aliphatic heterocycles. The molecule has 0 unspecified atom stereocenters. The third kappa shape index (κ3) is 2.65. The van der Waals surface area contributed by atoms with Gasteiger partial charge >= 0.3 is 0 Å². The van der Waals surface area contributed by atoms with Crippen molar-refractivity contribution >= 4 is 23.2 Å². The van der Waals surface area contributed by atoms with Crippen molar-refractivity contribution in [2.45, 2.75) is 13.3 Å². The summed E-state index contributed by atoms with van der Waals surface area (Å²) in [6.07, 6.45) is 0.882. The summed E-state index contributed by atoms with van der Waals surface area (Å²) in [4.78, 5) is 25.6. The number of para-hydroxylation sites is 1. The van der Waals surface area contributed by atoms with Gasteiger partial charge in [0.05, 0.1) is 0 Å². The van der Waals surface area contributed by atoms with Gasteiger partial charge in [0.1, 0.15) is 0 Å². The Kier molecular flexibility index (Phi) is 3.44. The van der Waals surface area contributed by atoms with Crippen LogP contribution in [0.1, 0.15) is 22.8 Å². The Morgan fingerprint density at radius 2 is 1.90 bits per heavy atom. The highest BCUT2D eigenvalue weighted by atomic mass is 16.2. The van der Waals surface area contributed by atoms with E-state index in [0.717, 1.165) is 12.1 Å². The molecule has 1 aliphatic rings. The molecular weight excluding hydrogens is 264 g/mol. The average molecular weight is 280 g/mol. The molecular formula is C17H16N2O2. The van der Waals surface area contributed by atoms with Gasteiger partial charge < -0.3 is 10.2 Å². The molecule has 0 radical (unpaired) electrons. The summed E-state index contributed by atoms with van der Waals surface area (Å²) in [6.45, 7) is 2.15. The van der Waals surface area contributed by atoms with Crippen molar-refractivity contribution < 1.29 is 9.59 Å². The predicted molar refractivity (Wildman–Crippen MR) is 82.6 cm³/mol. The van der Waals surface area contributed by atoms with Gasteiger partial charge in [0, 0.05) is 30.4 Å². The van der Waals surface area contributed by atoms with Crippen molar-refractivity contribution in [3.8, 4) is 0 Å². The average Bonchev–Trinajstić information content (AvgIpc) is 2.90. The Labute approximate surface area is 123 Å². The lowest BCUT2D eigenvalue weighted by atomic mass is 10.1. The van der Waals surface area contributed by atoms with Gasteiger partial charge in [0.2, 0.25) is 5.91 Å².